The molecule has 96 valence electrons. The molecule has 0 radical (unpaired) electrons. The number of nitrogens with two attached hydrogens (primary N) is 1. The molecular formula is C11H21N5O. The summed E-state index contributed by atoms with van der Waals surface area (Å²) < 4.78 is 0. The minimum absolute atomic E-state index is 0.185. The van der Waals surface area contributed by atoms with Gasteiger partial charge in [-0.15, -0.1) is 0 Å². The third-order valence-corrected chi connectivity index (χ3v) is 2.51. The van der Waals surface area contributed by atoms with Crippen molar-refractivity contribution in [3.63, 3.8) is 0 Å². The smallest absolute Gasteiger partial charge is 0.145 e. The monoisotopic (exact) mass is 239 g/mol. The van der Waals surface area contributed by atoms with Gasteiger partial charge in [-0.05, 0) is 13.3 Å². The van der Waals surface area contributed by atoms with Gasteiger partial charge in [0.25, 0.3) is 0 Å². The second kappa shape index (κ2) is 7.03. The maximum Gasteiger partial charge on any atom is 0.145 e. The number of hydrazine groups is 1. The Morgan fingerprint density at radius 3 is 2.71 bits per heavy atom. The molecule has 1 heterocycles. The number of aliphatic hydroxyl groups is 1. The van der Waals surface area contributed by atoms with Crippen LogP contribution in [0.4, 0.5) is 11.6 Å². The molecule has 0 aliphatic carbocycles. The van der Waals surface area contributed by atoms with Gasteiger partial charge in [0, 0.05) is 32.2 Å². The topological polar surface area (TPSA) is 87.3 Å². The molecule has 1 rings (SSSR count). The molecule has 17 heavy (non-hydrogen) atoms. The van der Waals surface area contributed by atoms with Crippen LogP contribution in [0.3, 0.4) is 0 Å². The van der Waals surface area contributed by atoms with Crippen molar-refractivity contribution in [1.82, 2.24) is 9.97 Å². The lowest BCUT2D eigenvalue weighted by Crippen LogP contribution is -2.26. The molecule has 0 saturated carbocycles. The molecule has 0 fully saturated rings. The van der Waals surface area contributed by atoms with Crippen LogP contribution in [0, 0.1) is 0 Å². The predicted molar refractivity (Wildman–Crippen MR) is 68.8 cm³/mol. The van der Waals surface area contributed by atoms with Crippen LogP contribution in [-0.4, -0.2) is 34.8 Å². The third kappa shape index (κ3) is 3.83. The van der Waals surface area contributed by atoms with Crippen molar-refractivity contribution in [2.75, 3.05) is 30.0 Å². The largest absolute Gasteiger partial charge is 0.396 e. The fourth-order valence-corrected chi connectivity index (χ4v) is 1.57. The van der Waals surface area contributed by atoms with Crippen molar-refractivity contribution < 1.29 is 5.11 Å². The summed E-state index contributed by atoms with van der Waals surface area (Å²) in [6, 6.07) is 1.82. The van der Waals surface area contributed by atoms with Crippen molar-refractivity contribution >= 4 is 11.6 Å². The van der Waals surface area contributed by atoms with Gasteiger partial charge in [0.2, 0.25) is 0 Å². The first-order valence-electron chi connectivity index (χ1n) is 5.95. The molecule has 1 aromatic rings. The van der Waals surface area contributed by atoms with Crippen LogP contribution < -0.4 is 16.2 Å². The second-order valence-electron chi connectivity index (χ2n) is 3.68. The first kappa shape index (κ1) is 13.7. The number of nitrogen functional groups attached to an aromatic ring is 1. The zero-order valence-corrected chi connectivity index (χ0v) is 10.5. The van der Waals surface area contributed by atoms with E-state index in [0.717, 1.165) is 37.6 Å². The summed E-state index contributed by atoms with van der Waals surface area (Å²) in [7, 11) is 0. The molecule has 0 atom stereocenters. The van der Waals surface area contributed by atoms with Gasteiger partial charge in [-0.2, -0.15) is 0 Å². The van der Waals surface area contributed by atoms with Crippen LogP contribution in [0.5, 0.6) is 0 Å². The van der Waals surface area contributed by atoms with Crippen LogP contribution >= 0.6 is 0 Å². The molecule has 4 N–H and O–H groups in total. The van der Waals surface area contributed by atoms with E-state index in [4.69, 9.17) is 10.9 Å². The molecule has 6 nitrogen and oxygen atoms in total. The van der Waals surface area contributed by atoms with Gasteiger partial charge in [0.15, 0.2) is 0 Å². The van der Waals surface area contributed by atoms with E-state index < -0.39 is 0 Å². The lowest BCUT2D eigenvalue weighted by Gasteiger charge is -2.22. The molecule has 0 bridgehead atoms. The molecule has 0 spiro atoms. The quantitative estimate of drug-likeness (QED) is 0.475. The summed E-state index contributed by atoms with van der Waals surface area (Å²) in [5.74, 6) is 7.61. The van der Waals surface area contributed by atoms with Crippen LogP contribution in [0.2, 0.25) is 0 Å². The first-order chi connectivity index (χ1) is 8.24. The number of hydrogen-bond donors (Lipinski definition) is 3. The predicted octanol–water partition coefficient (Wildman–Crippen LogP) is 0.533. The Balaban J connectivity index is 2.92. The van der Waals surface area contributed by atoms with Crippen molar-refractivity contribution in [3.05, 3.63) is 11.9 Å². The number of nitrogens with one attached hydrogen (secondary N) is 1. The van der Waals surface area contributed by atoms with Crippen LogP contribution in [-0.2, 0) is 6.42 Å². The fourth-order valence-electron chi connectivity index (χ4n) is 1.57. The maximum absolute atomic E-state index is 8.87. The van der Waals surface area contributed by atoms with Gasteiger partial charge >= 0.3 is 0 Å². The number of aryl methyl sites for hydroxylation is 1. The summed E-state index contributed by atoms with van der Waals surface area (Å²) in [6.07, 6.45) is 1.49. The second-order valence-corrected chi connectivity index (χ2v) is 3.68. The molecule has 0 amide bonds. The highest BCUT2D eigenvalue weighted by Gasteiger charge is 2.09. The van der Waals surface area contributed by atoms with E-state index in [9.17, 15) is 0 Å². The van der Waals surface area contributed by atoms with Crippen molar-refractivity contribution in [3.8, 4) is 0 Å². The Morgan fingerprint density at radius 1 is 1.41 bits per heavy atom. The number of aliphatic hydroxyl groups excluding tert-OH is 1. The molecule has 0 saturated heterocycles. The highest BCUT2D eigenvalue weighted by atomic mass is 16.3. The Labute approximate surface area is 102 Å². The molecule has 6 heteroatoms. The van der Waals surface area contributed by atoms with E-state index >= 15 is 0 Å². The summed E-state index contributed by atoms with van der Waals surface area (Å²) in [4.78, 5) is 10.8. The molecule has 0 aromatic carbocycles. The number of nitrogens with zero attached hydrogens (tertiary/aromatic N) is 3. The minimum atomic E-state index is 0.185. The first-order valence-corrected chi connectivity index (χ1v) is 5.95. The Kier molecular flexibility index (Phi) is 5.65. The third-order valence-electron chi connectivity index (χ3n) is 2.51. The normalized spacial score (nSPS) is 10.4. The number of aromatic nitrogens is 2. The van der Waals surface area contributed by atoms with Crippen LogP contribution in [0.25, 0.3) is 0 Å². The maximum atomic E-state index is 8.87. The van der Waals surface area contributed by atoms with Crippen LogP contribution in [0.1, 0.15) is 26.1 Å². The van der Waals surface area contributed by atoms with E-state index in [1.807, 2.05) is 13.0 Å². The van der Waals surface area contributed by atoms with E-state index in [1.54, 1.807) is 0 Å². The Bertz CT molecular complexity index is 322. The fraction of sp³-hybridized carbons (Fsp3) is 0.636. The van der Waals surface area contributed by atoms with Crippen LogP contribution in [0.15, 0.2) is 6.07 Å². The lowest BCUT2D eigenvalue weighted by molar-refractivity contribution is 0.289. The molecule has 0 aliphatic rings. The number of rotatable bonds is 7. The highest BCUT2D eigenvalue weighted by molar-refractivity contribution is 5.48. The zero-order chi connectivity index (χ0) is 12.7. The average Bonchev–Trinajstić information content (AvgIpc) is 2.39. The zero-order valence-electron chi connectivity index (χ0n) is 10.5. The van der Waals surface area contributed by atoms with Gasteiger partial charge in [-0.1, -0.05) is 6.92 Å². The average molecular weight is 239 g/mol. The van der Waals surface area contributed by atoms with Gasteiger partial charge in [0.05, 0.1) is 0 Å². The van der Waals surface area contributed by atoms with Gasteiger partial charge in [0.1, 0.15) is 17.5 Å². The van der Waals surface area contributed by atoms with E-state index in [-0.39, 0.29) is 6.61 Å². The van der Waals surface area contributed by atoms with E-state index in [1.165, 1.54) is 0 Å². The van der Waals surface area contributed by atoms with E-state index in [0.29, 0.717) is 5.82 Å². The molecular weight excluding hydrogens is 218 g/mol. The van der Waals surface area contributed by atoms with Gasteiger partial charge in [-0.3, -0.25) is 0 Å². The van der Waals surface area contributed by atoms with Crippen molar-refractivity contribution in [1.29, 1.82) is 0 Å². The Morgan fingerprint density at radius 2 is 2.18 bits per heavy atom. The molecule has 0 unspecified atom stereocenters. The van der Waals surface area contributed by atoms with Crippen molar-refractivity contribution in [2.24, 2.45) is 5.84 Å². The summed E-state index contributed by atoms with van der Waals surface area (Å²) in [6.45, 7) is 5.86. The minimum Gasteiger partial charge on any atom is -0.396 e. The van der Waals surface area contributed by atoms with Gasteiger partial charge < -0.3 is 15.4 Å². The Hall–Kier alpha value is -1.40. The van der Waals surface area contributed by atoms with Gasteiger partial charge in [-0.25, -0.2) is 15.8 Å². The lowest BCUT2D eigenvalue weighted by atomic mass is 10.3. The van der Waals surface area contributed by atoms with E-state index in [2.05, 4.69) is 27.2 Å². The van der Waals surface area contributed by atoms with Crippen molar-refractivity contribution in [2.45, 2.75) is 26.7 Å². The SMILES string of the molecule is CCc1nc(NN)cc(N(CC)CCCO)n1. The molecule has 0 aliphatic heterocycles. The standard InChI is InChI=1S/C11H21N5O/c1-3-9-13-10(15-12)8-11(14-9)16(4-2)6-5-7-17/h8,17H,3-7,12H2,1-2H3,(H,13,14,15). The summed E-state index contributed by atoms with van der Waals surface area (Å²) in [5, 5.41) is 8.87. The summed E-state index contributed by atoms with van der Waals surface area (Å²) in [5.41, 5.74) is 2.55. The summed E-state index contributed by atoms with van der Waals surface area (Å²) >= 11 is 0. The number of anilines is 2. The number of hydrogen-bond acceptors (Lipinski definition) is 6. The highest BCUT2D eigenvalue weighted by Crippen LogP contribution is 2.15. The molecule has 1 aromatic heterocycles.